The van der Waals surface area contributed by atoms with Gasteiger partial charge in [0, 0.05) is 19.2 Å². The lowest BCUT2D eigenvalue weighted by Gasteiger charge is -2.12. The summed E-state index contributed by atoms with van der Waals surface area (Å²) in [5.41, 5.74) is 0.452. The molecule has 118 valence electrons. The van der Waals surface area contributed by atoms with Gasteiger partial charge in [-0.15, -0.1) is 0 Å². The largest absolute Gasteiger partial charge is 0.301 e. The minimum absolute atomic E-state index is 0.0640. The third-order valence-electron chi connectivity index (χ3n) is 2.76. The van der Waals surface area contributed by atoms with Crippen molar-refractivity contribution in [2.24, 2.45) is 0 Å². The maximum Gasteiger partial charge on any atom is 0.270 e. The van der Waals surface area contributed by atoms with E-state index in [0.717, 1.165) is 21.9 Å². The van der Waals surface area contributed by atoms with E-state index in [1.807, 2.05) is 0 Å². The Morgan fingerprint density at radius 3 is 2.77 bits per heavy atom. The van der Waals surface area contributed by atoms with E-state index in [1.165, 1.54) is 25.2 Å². The van der Waals surface area contributed by atoms with Gasteiger partial charge in [-0.2, -0.15) is 4.31 Å². The first-order valence-electron chi connectivity index (χ1n) is 5.93. The number of fused-ring (bicyclic) bond motifs is 1. The third kappa shape index (κ3) is 3.75. The van der Waals surface area contributed by atoms with Crippen LogP contribution in [0.5, 0.6) is 0 Å². The lowest BCUT2D eigenvalue weighted by atomic mass is 10.3. The second-order valence-electron chi connectivity index (χ2n) is 4.50. The fourth-order valence-corrected chi connectivity index (χ4v) is 2.83. The van der Waals surface area contributed by atoms with Gasteiger partial charge in [0.05, 0.1) is 27.9 Å². The van der Waals surface area contributed by atoms with Crippen molar-refractivity contribution in [3.63, 3.8) is 0 Å². The number of nitro benzene ring substituents is 1. The van der Waals surface area contributed by atoms with Gasteiger partial charge in [-0.05, 0) is 6.07 Å². The van der Waals surface area contributed by atoms with E-state index in [2.05, 4.69) is 10.3 Å². The number of likely N-dealkylation sites (N-methyl/N-ethyl adjacent to an activating group) is 1. The van der Waals surface area contributed by atoms with Crippen LogP contribution in [0.1, 0.15) is 0 Å². The van der Waals surface area contributed by atoms with Crippen LogP contribution in [-0.2, 0) is 14.8 Å². The summed E-state index contributed by atoms with van der Waals surface area (Å²) in [5.74, 6) is -0.540. The fourth-order valence-electron chi connectivity index (χ4n) is 1.56. The van der Waals surface area contributed by atoms with Gasteiger partial charge in [-0.25, -0.2) is 13.4 Å². The monoisotopic (exact) mass is 344 g/mol. The van der Waals surface area contributed by atoms with E-state index in [1.54, 1.807) is 0 Å². The Labute approximate surface area is 129 Å². The van der Waals surface area contributed by atoms with Gasteiger partial charge in [-0.3, -0.25) is 14.9 Å². The Morgan fingerprint density at radius 1 is 1.50 bits per heavy atom. The second-order valence-corrected chi connectivity index (χ2v) is 7.62. The summed E-state index contributed by atoms with van der Waals surface area (Å²) in [7, 11) is -2.16. The predicted octanol–water partition coefficient (Wildman–Crippen LogP) is 1.03. The van der Waals surface area contributed by atoms with E-state index >= 15 is 0 Å². The van der Waals surface area contributed by atoms with Crippen molar-refractivity contribution >= 4 is 48.3 Å². The summed E-state index contributed by atoms with van der Waals surface area (Å²) >= 11 is 1.08. The highest BCUT2D eigenvalue weighted by molar-refractivity contribution is 7.88. The number of thiazole rings is 1. The lowest BCUT2D eigenvalue weighted by Crippen LogP contribution is -2.34. The number of anilines is 1. The van der Waals surface area contributed by atoms with E-state index in [-0.39, 0.29) is 17.4 Å². The summed E-state index contributed by atoms with van der Waals surface area (Å²) in [6.07, 6.45) is 0.997. The molecular weight excluding hydrogens is 332 g/mol. The first-order chi connectivity index (χ1) is 10.2. The molecule has 1 aromatic carbocycles. The second kappa shape index (κ2) is 5.94. The van der Waals surface area contributed by atoms with Crippen LogP contribution in [0, 0.1) is 10.1 Å². The van der Waals surface area contributed by atoms with Crippen molar-refractivity contribution in [1.82, 2.24) is 9.29 Å². The van der Waals surface area contributed by atoms with Crippen molar-refractivity contribution in [3.05, 3.63) is 28.3 Å². The molecule has 0 aliphatic rings. The van der Waals surface area contributed by atoms with Crippen molar-refractivity contribution < 1.29 is 18.1 Å². The first kappa shape index (κ1) is 16.3. The van der Waals surface area contributed by atoms with Gasteiger partial charge in [0.25, 0.3) is 5.69 Å². The number of aromatic nitrogens is 1. The highest BCUT2D eigenvalue weighted by Crippen LogP contribution is 2.29. The molecule has 9 nitrogen and oxygen atoms in total. The molecule has 0 saturated heterocycles. The third-order valence-corrected chi connectivity index (χ3v) is 4.96. The van der Waals surface area contributed by atoms with Crippen molar-refractivity contribution in [2.75, 3.05) is 25.2 Å². The molecule has 0 bridgehead atoms. The smallest absolute Gasteiger partial charge is 0.270 e. The topological polar surface area (TPSA) is 123 Å². The number of hydrogen-bond donors (Lipinski definition) is 1. The Bertz CT molecular complexity index is 845. The molecule has 0 aliphatic heterocycles. The van der Waals surface area contributed by atoms with Gasteiger partial charge < -0.3 is 5.32 Å². The van der Waals surface area contributed by atoms with Crippen LogP contribution in [0.4, 0.5) is 10.8 Å². The summed E-state index contributed by atoms with van der Waals surface area (Å²) < 4.78 is 23.9. The zero-order valence-corrected chi connectivity index (χ0v) is 13.3. The van der Waals surface area contributed by atoms with Crippen LogP contribution in [0.15, 0.2) is 18.2 Å². The van der Waals surface area contributed by atoms with E-state index in [4.69, 9.17) is 0 Å². The summed E-state index contributed by atoms with van der Waals surface area (Å²) in [5, 5.41) is 13.4. The number of sulfonamides is 1. The average Bonchev–Trinajstić information content (AvgIpc) is 2.77. The first-order valence-corrected chi connectivity index (χ1v) is 8.59. The van der Waals surface area contributed by atoms with Gasteiger partial charge >= 0.3 is 0 Å². The number of non-ortho nitro benzene ring substituents is 1. The molecule has 1 heterocycles. The molecule has 1 aromatic heterocycles. The SMILES string of the molecule is CN(CC(=O)Nc1nc2ccc([N+](=O)[O-])cc2s1)S(C)(=O)=O. The molecule has 0 saturated carbocycles. The summed E-state index contributed by atoms with van der Waals surface area (Å²) in [6, 6.07) is 4.18. The summed E-state index contributed by atoms with van der Waals surface area (Å²) in [4.78, 5) is 26.1. The zero-order chi connectivity index (χ0) is 16.5. The quantitative estimate of drug-likeness (QED) is 0.638. The molecule has 11 heteroatoms. The van der Waals surface area contributed by atoms with Crippen molar-refractivity contribution in [2.45, 2.75) is 0 Å². The molecule has 0 atom stereocenters. The van der Waals surface area contributed by atoms with E-state index < -0.39 is 20.9 Å². The van der Waals surface area contributed by atoms with E-state index in [0.29, 0.717) is 10.2 Å². The maximum atomic E-state index is 11.8. The number of amides is 1. The number of rotatable bonds is 5. The van der Waals surface area contributed by atoms with Crippen molar-refractivity contribution in [3.8, 4) is 0 Å². The van der Waals surface area contributed by atoms with Crippen LogP contribution >= 0.6 is 11.3 Å². The minimum Gasteiger partial charge on any atom is -0.301 e. The highest BCUT2D eigenvalue weighted by atomic mass is 32.2. The minimum atomic E-state index is -3.45. The molecule has 0 unspecified atom stereocenters. The van der Waals surface area contributed by atoms with Gasteiger partial charge in [-0.1, -0.05) is 11.3 Å². The molecule has 22 heavy (non-hydrogen) atoms. The van der Waals surface area contributed by atoms with Crippen LogP contribution in [0.3, 0.4) is 0 Å². The standard InChI is InChI=1S/C11H12N4O5S2/c1-14(22(2,19)20)6-10(16)13-11-12-8-4-3-7(15(17)18)5-9(8)21-11/h3-5H,6H2,1-2H3,(H,12,13,16). The predicted molar refractivity (Wildman–Crippen MR) is 82.4 cm³/mol. The zero-order valence-electron chi connectivity index (χ0n) is 11.6. The number of nitrogens with zero attached hydrogens (tertiary/aromatic N) is 3. The molecule has 0 radical (unpaired) electrons. The number of benzene rings is 1. The Morgan fingerprint density at radius 2 is 2.18 bits per heavy atom. The lowest BCUT2D eigenvalue weighted by molar-refractivity contribution is -0.384. The normalized spacial score (nSPS) is 11.8. The van der Waals surface area contributed by atoms with Crippen LogP contribution < -0.4 is 5.32 Å². The molecule has 0 aliphatic carbocycles. The molecular formula is C11H12N4O5S2. The Balaban J connectivity index is 2.15. The number of carbonyl (C=O) groups is 1. The van der Waals surface area contributed by atoms with Gasteiger partial charge in [0.1, 0.15) is 0 Å². The number of hydrogen-bond acceptors (Lipinski definition) is 7. The van der Waals surface area contributed by atoms with E-state index in [9.17, 15) is 23.3 Å². The molecule has 1 amide bonds. The Kier molecular flexibility index (Phi) is 4.39. The molecule has 1 N–H and O–H groups in total. The number of nitro groups is 1. The van der Waals surface area contributed by atoms with Gasteiger partial charge in [0.15, 0.2) is 5.13 Å². The Hall–Kier alpha value is -2.11. The molecule has 2 rings (SSSR count). The molecule has 2 aromatic rings. The molecule has 0 spiro atoms. The van der Waals surface area contributed by atoms with Crippen molar-refractivity contribution in [1.29, 1.82) is 0 Å². The van der Waals surface area contributed by atoms with Gasteiger partial charge in [0.2, 0.25) is 15.9 Å². The maximum absolute atomic E-state index is 11.8. The average molecular weight is 344 g/mol. The van der Waals surface area contributed by atoms with Crippen LogP contribution in [-0.4, -0.2) is 48.4 Å². The number of carbonyl (C=O) groups excluding carboxylic acids is 1. The number of nitrogens with one attached hydrogen (secondary N) is 1. The molecule has 0 fully saturated rings. The fraction of sp³-hybridized carbons (Fsp3) is 0.273. The van der Waals surface area contributed by atoms with Crippen LogP contribution in [0.2, 0.25) is 0 Å². The summed E-state index contributed by atoms with van der Waals surface area (Å²) in [6.45, 7) is -0.338. The highest BCUT2D eigenvalue weighted by Gasteiger charge is 2.17. The van der Waals surface area contributed by atoms with Crippen LogP contribution in [0.25, 0.3) is 10.2 Å².